The summed E-state index contributed by atoms with van der Waals surface area (Å²) in [6.45, 7) is 5.71. The Balaban J connectivity index is 1.85. The molecule has 1 fully saturated rings. The Morgan fingerprint density at radius 1 is 1.33 bits per heavy atom. The van der Waals surface area contributed by atoms with Gasteiger partial charge in [-0.05, 0) is 37.8 Å². The fraction of sp³-hybridized carbons (Fsp3) is 0.533. The summed E-state index contributed by atoms with van der Waals surface area (Å²) in [7, 11) is 0. The first-order chi connectivity index (χ1) is 8.66. The molecule has 3 nitrogen and oxygen atoms in total. The second-order valence-electron chi connectivity index (χ2n) is 5.29. The summed E-state index contributed by atoms with van der Waals surface area (Å²) < 4.78 is 0. The van der Waals surface area contributed by atoms with Crippen molar-refractivity contribution in [2.45, 2.75) is 32.7 Å². The number of benzene rings is 1. The van der Waals surface area contributed by atoms with Gasteiger partial charge < -0.3 is 10.2 Å². The first kappa shape index (κ1) is 12.9. The third kappa shape index (κ3) is 3.25. The van der Waals surface area contributed by atoms with Crippen molar-refractivity contribution >= 4 is 11.6 Å². The van der Waals surface area contributed by atoms with Crippen LogP contribution in [-0.2, 0) is 4.79 Å². The van der Waals surface area contributed by atoms with Gasteiger partial charge in [0.05, 0.1) is 6.54 Å². The highest BCUT2D eigenvalue weighted by atomic mass is 16.2. The fourth-order valence-corrected chi connectivity index (χ4v) is 2.61. The Bertz CT molecular complexity index is 391. The Labute approximate surface area is 109 Å². The van der Waals surface area contributed by atoms with Gasteiger partial charge in [-0.2, -0.15) is 0 Å². The van der Waals surface area contributed by atoms with E-state index in [9.17, 15) is 4.79 Å². The van der Waals surface area contributed by atoms with Crippen molar-refractivity contribution in [2.24, 2.45) is 5.92 Å². The minimum atomic E-state index is 0.207. The third-order valence-corrected chi connectivity index (χ3v) is 3.68. The second kappa shape index (κ2) is 5.89. The first-order valence-corrected chi connectivity index (χ1v) is 6.75. The van der Waals surface area contributed by atoms with Gasteiger partial charge in [-0.25, -0.2) is 0 Å². The van der Waals surface area contributed by atoms with E-state index in [0.717, 1.165) is 31.0 Å². The number of likely N-dealkylation sites (tertiary alicyclic amines) is 1. The van der Waals surface area contributed by atoms with E-state index in [4.69, 9.17) is 0 Å². The van der Waals surface area contributed by atoms with Crippen LogP contribution in [0, 0.1) is 5.92 Å². The molecule has 1 aromatic carbocycles. The minimum absolute atomic E-state index is 0.207. The standard InChI is InChI=1S/C15H22N2O/c1-12-8-9-17(13(2)10-12)15(18)11-16-14-6-4-3-5-7-14/h3-7,12-13,16H,8-11H2,1-2H3. The molecule has 0 spiro atoms. The molecule has 98 valence electrons. The highest BCUT2D eigenvalue weighted by molar-refractivity contribution is 5.81. The molecular formula is C15H22N2O. The smallest absolute Gasteiger partial charge is 0.242 e. The summed E-state index contributed by atoms with van der Waals surface area (Å²) in [4.78, 5) is 14.2. The summed E-state index contributed by atoms with van der Waals surface area (Å²) in [6.07, 6.45) is 2.25. The molecule has 1 N–H and O–H groups in total. The number of rotatable bonds is 3. The number of anilines is 1. The zero-order valence-corrected chi connectivity index (χ0v) is 11.2. The fourth-order valence-electron chi connectivity index (χ4n) is 2.61. The topological polar surface area (TPSA) is 32.3 Å². The van der Waals surface area contributed by atoms with Gasteiger partial charge in [0.1, 0.15) is 0 Å². The molecule has 0 saturated carbocycles. The summed E-state index contributed by atoms with van der Waals surface area (Å²) in [6, 6.07) is 10.2. The lowest BCUT2D eigenvalue weighted by atomic mass is 9.93. The predicted octanol–water partition coefficient (Wildman–Crippen LogP) is 2.75. The second-order valence-corrected chi connectivity index (χ2v) is 5.29. The molecule has 3 heteroatoms. The van der Waals surface area contributed by atoms with Gasteiger partial charge in [0.25, 0.3) is 0 Å². The number of hydrogen-bond donors (Lipinski definition) is 1. The van der Waals surface area contributed by atoms with Crippen molar-refractivity contribution in [1.82, 2.24) is 4.90 Å². The monoisotopic (exact) mass is 246 g/mol. The molecule has 1 aromatic rings. The van der Waals surface area contributed by atoms with E-state index in [1.807, 2.05) is 35.2 Å². The van der Waals surface area contributed by atoms with Crippen molar-refractivity contribution in [1.29, 1.82) is 0 Å². The maximum absolute atomic E-state index is 12.2. The Kier molecular flexibility index (Phi) is 4.24. The zero-order chi connectivity index (χ0) is 13.0. The molecule has 0 bridgehead atoms. The van der Waals surface area contributed by atoms with Crippen LogP contribution in [0.5, 0.6) is 0 Å². The lowest BCUT2D eigenvalue weighted by Crippen LogP contribution is -2.46. The number of amides is 1. The lowest BCUT2D eigenvalue weighted by molar-refractivity contribution is -0.133. The first-order valence-electron chi connectivity index (χ1n) is 6.75. The van der Waals surface area contributed by atoms with Gasteiger partial charge in [-0.15, -0.1) is 0 Å². The van der Waals surface area contributed by atoms with E-state index < -0.39 is 0 Å². The van der Waals surface area contributed by atoms with E-state index in [2.05, 4.69) is 19.2 Å². The van der Waals surface area contributed by atoms with Crippen LogP contribution >= 0.6 is 0 Å². The lowest BCUT2D eigenvalue weighted by Gasteiger charge is -2.36. The largest absolute Gasteiger partial charge is 0.376 e. The molecule has 2 atom stereocenters. The summed E-state index contributed by atoms with van der Waals surface area (Å²) >= 11 is 0. The van der Waals surface area contributed by atoms with Crippen molar-refractivity contribution < 1.29 is 4.79 Å². The summed E-state index contributed by atoms with van der Waals surface area (Å²) in [5.74, 6) is 0.949. The molecule has 2 unspecified atom stereocenters. The number of nitrogens with zero attached hydrogens (tertiary/aromatic N) is 1. The highest BCUT2D eigenvalue weighted by Gasteiger charge is 2.26. The van der Waals surface area contributed by atoms with Gasteiger partial charge in [0, 0.05) is 18.3 Å². The van der Waals surface area contributed by atoms with Gasteiger partial charge in [-0.1, -0.05) is 25.1 Å². The molecule has 0 aliphatic carbocycles. The van der Waals surface area contributed by atoms with Crippen LogP contribution in [0.4, 0.5) is 5.69 Å². The van der Waals surface area contributed by atoms with E-state index in [1.54, 1.807) is 0 Å². The molecule has 1 heterocycles. The normalized spacial score (nSPS) is 23.8. The number of carbonyl (C=O) groups is 1. The highest BCUT2D eigenvalue weighted by Crippen LogP contribution is 2.22. The average Bonchev–Trinajstić information content (AvgIpc) is 2.37. The quantitative estimate of drug-likeness (QED) is 0.889. The summed E-state index contributed by atoms with van der Waals surface area (Å²) in [5, 5.41) is 3.18. The molecule has 1 amide bonds. The number of piperidine rings is 1. The Morgan fingerprint density at radius 3 is 2.72 bits per heavy atom. The van der Waals surface area contributed by atoms with Crippen LogP contribution < -0.4 is 5.32 Å². The number of hydrogen-bond acceptors (Lipinski definition) is 2. The molecule has 1 aliphatic rings. The van der Waals surface area contributed by atoms with Crippen molar-refractivity contribution in [2.75, 3.05) is 18.4 Å². The van der Waals surface area contributed by atoms with Crippen LogP contribution in [0.25, 0.3) is 0 Å². The molecule has 2 rings (SSSR count). The van der Waals surface area contributed by atoms with Crippen LogP contribution in [0.15, 0.2) is 30.3 Å². The number of nitrogens with one attached hydrogen (secondary N) is 1. The zero-order valence-electron chi connectivity index (χ0n) is 11.2. The van der Waals surface area contributed by atoms with Gasteiger partial charge in [0.15, 0.2) is 0 Å². The molecule has 0 aromatic heterocycles. The van der Waals surface area contributed by atoms with Crippen LogP contribution in [0.2, 0.25) is 0 Å². The van der Waals surface area contributed by atoms with Crippen LogP contribution in [-0.4, -0.2) is 29.9 Å². The molecule has 18 heavy (non-hydrogen) atoms. The molecule has 0 radical (unpaired) electrons. The third-order valence-electron chi connectivity index (χ3n) is 3.68. The van der Waals surface area contributed by atoms with Crippen LogP contribution in [0.3, 0.4) is 0 Å². The summed E-state index contributed by atoms with van der Waals surface area (Å²) in [5.41, 5.74) is 1.00. The number of para-hydroxylation sites is 1. The van der Waals surface area contributed by atoms with Crippen LogP contribution in [0.1, 0.15) is 26.7 Å². The molecule has 1 saturated heterocycles. The van der Waals surface area contributed by atoms with Gasteiger partial charge in [0.2, 0.25) is 5.91 Å². The minimum Gasteiger partial charge on any atom is -0.376 e. The van der Waals surface area contributed by atoms with E-state index >= 15 is 0 Å². The molecule has 1 aliphatic heterocycles. The van der Waals surface area contributed by atoms with Crippen molar-refractivity contribution in [3.63, 3.8) is 0 Å². The van der Waals surface area contributed by atoms with E-state index in [1.165, 1.54) is 0 Å². The molecular weight excluding hydrogens is 224 g/mol. The SMILES string of the molecule is CC1CCN(C(=O)CNc2ccccc2)C(C)C1. The van der Waals surface area contributed by atoms with Gasteiger partial charge in [-0.3, -0.25) is 4.79 Å². The van der Waals surface area contributed by atoms with Crippen molar-refractivity contribution in [3.05, 3.63) is 30.3 Å². The maximum Gasteiger partial charge on any atom is 0.242 e. The average molecular weight is 246 g/mol. The Hall–Kier alpha value is -1.51. The Morgan fingerprint density at radius 2 is 2.06 bits per heavy atom. The van der Waals surface area contributed by atoms with Crippen molar-refractivity contribution in [3.8, 4) is 0 Å². The predicted molar refractivity (Wildman–Crippen MR) is 74.5 cm³/mol. The van der Waals surface area contributed by atoms with E-state index in [0.29, 0.717) is 12.6 Å². The van der Waals surface area contributed by atoms with E-state index in [-0.39, 0.29) is 5.91 Å². The maximum atomic E-state index is 12.2. The number of carbonyl (C=O) groups excluding carboxylic acids is 1. The van der Waals surface area contributed by atoms with Gasteiger partial charge >= 0.3 is 0 Å².